The van der Waals surface area contributed by atoms with Crippen molar-refractivity contribution in [2.45, 2.75) is 38.1 Å². The summed E-state index contributed by atoms with van der Waals surface area (Å²) in [4.78, 5) is 10.3. The largest absolute Gasteiger partial charge is 0.468 e. The fraction of sp³-hybridized carbons (Fsp3) is 0.900. The number of ether oxygens (including phenoxy) is 1. The van der Waals surface area contributed by atoms with Gasteiger partial charge in [-0.3, -0.25) is 4.79 Å². The van der Waals surface area contributed by atoms with Gasteiger partial charge in [0.25, 0.3) is 0 Å². The molecule has 0 bridgehead atoms. The van der Waals surface area contributed by atoms with E-state index in [1.54, 1.807) is 0 Å². The van der Waals surface area contributed by atoms with Gasteiger partial charge >= 0.3 is 5.97 Å². The molecule has 0 radical (unpaired) electrons. The maximum Gasteiger partial charge on any atom is 0.320 e. The van der Waals surface area contributed by atoms with Crippen molar-refractivity contribution in [3.63, 3.8) is 0 Å². The average molecular weight is 250 g/mol. The molecule has 1 rings (SSSR count). The van der Waals surface area contributed by atoms with Crippen LogP contribution in [0.25, 0.3) is 0 Å². The van der Waals surface area contributed by atoms with E-state index in [1.165, 1.54) is 45.5 Å². The van der Waals surface area contributed by atoms with Crippen LogP contribution in [0, 0.1) is 0 Å². The predicted octanol–water partition coefficient (Wildman–Crippen LogP) is 0.320. The van der Waals surface area contributed by atoms with E-state index in [1.807, 2.05) is 0 Å². The second kappa shape index (κ2) is 9.74. The van der Waals surface area contributed by atoms with E-state index in [2.05, 4.69) is 9.46 Å². The Morgan fingerprint density at radius 3 is 2.31 bits per heavy atom. The van der Waals surface area contributed by atoms with Crippen molar-refractivity contribution < 1.29 is 13.7 Å². The number of rotatable bonds is 3. The zero-order chi connectivity index (χ0) is 12.4. The summed E-state index contributed by atoms with van der Waals surface area (Å²) in [5.41, 5.74) is 5.63. The van der Waals surface area contributed by atoms with Crippen molar-refractivity contribution >= 4 is 17.0 Å². The lowest BCUT2D eigenvalue weighted by molar-refractivity contribution is -0.139. The summed E-state index contributed by atoms with van der Waals surface area (Å²) >= 11 is 0. The van der Waals surface area contributed by atoms with Gasteiger partial charge in [0.1, 0.15) is 6.54 Å². The highest BCUT2D eigenvalue weighted by Gasteiger charge is 2.06. The topological polar surface area (TPSA) is 81.4 Å². The molecule has 0 amide bonds. The summed E-state index contributed by atoms with van der Waals surface area (Å²) in [6, 6.07) is 0.536. The molecule has 0 aromatic rings. The van der Waals surface area contributed by atoms with Crippen molar-refractivity contribution in [1.29, 1.82) is 0 Å². The van der Waals surface area contributed by atoms with Crippen LogP contribution < -0.4 is 10.5 Å². The molecular weight excluding hydrogens is 228 g/mol. The van der Waals surface area contributed by atoms with Gasteiger partial charge in [-0.15, -0.1) is 0 Å². The third kappa shape index (κ3) is 10.1. The van der Waals surface area contributed by atoms with Crippen molar-refractivity contribution in [3.8, 4) is 0 Å². The third-order valence-electron chi connectivity index (χ3n) is 2.30. The lowest BCUT2D eigenvalue weighted by Crippen LogP contribution is -2.24. The summed E-state index contributed by atoms with van der Waals surface area (Å²) in [7, 11) is 0.142. The molecule has 5 nitrogen and oxygen atoms in total. The first-order valence-corrected chi connectivity index (χ1v) is 7.01. The normalized spacial score (nSPS) is 18.2. The maximum absolute atomic E-state index is 10.3. The Balaban J connectivity index is 0.000000288. The minimum atomic E-state index is -1.14. The molecule has 0 spiro atoms. The predicted molar refractivity (Wildman–Crippen MR) is 65.1 cm³/mol. The lowest BCUT2D eigenvalue weighted by Gasteiger charge is -2.15. The van der Waals surface area contributed by atoms with Gasteiger partial charge in [-0.1, -0.05) is 19.3 Å². The van der Waals surface area contributed by atoms with Gasteiger partial charge < -0.3 is 10.5 Å². The SMILES string of the molecule is COC(=O)CNS(C)=O.NC1CCCCC1. The molecule has 16 heavy (non-hydrogen) atoms. The zero-order valence-corrected chi connectivity index (χ0v) is 10.8. The van der Waals surface area contributed by atoms with Crippen LogP contribution in [0.3, 0.4) is 0 Å². The van der Waals surface area contributed by atoms with Crippen LogP contribution in [0.2, 0.25) is 0 Å². The second-order valence-corrected chi connectivity index (χ2v) is 4.95. The van der Waals surface area contributed by atoms with Crippen molar-refractivity contribution in [1.82, 2.24) is 4.72 Å². The molecule has 1 aliphatic rings. The van der Waals surface area contributed by atoms with Crippen molar-refractivity contribution in [3.05, 3.63) is 0 Å². The Labute approximate surface area is 99.7 Å². The second-order valence-electron chi connectivity index (χ2n) is 3.75. The van der Waals surface area contributed by atoms with Crippen LogP contribution in [0.15, 0.2) is 0 Å². The zero-order valence-electron chi connectivity index (χ0n) is 10.0. The highest BCUT2D eigenvalue weighted by atomic mass is 32.2. The first kappa shape index (κ1) is 15.5. The molecule has 1 fully saturated rings. The average Bonchev–Trinajstić information content (AvgIpc) is 2.27. The number of nitrogens with one attached hydrogen (secondary N) is 1. The van der Waals surface area contributed by atoms with Crippen LogP contribution in [0.5, 0.6) is 0 Å². The number of carbonyl (C=O) groups is 1. The highest BCUT2D eigenvalue weighted by Crippen LogP contribution is 2.14. The van der Waals surface area contributed by atoms with Gasteiger partial charge in [-0.05, 0) is 12.8 Å². The van der Waals surface area contributed by atoms with Gasteiger partial charge in [0.2, 0.25) is 0 Å². The third-order valence-corrected chi connectivity index (χ3v) is 2.85. The smallest absolute Gasteiger partial charge is 0.320 e. The van der Waals surface area contributed by atoms with Gasteiger partial charge in [-0.2, -0.15) is 0 Å². The molecule has 0 aliphatic heterocycles. The van der Waals surface area contributed by atoms with Gasteiger partial charge in [-0.25, -0.2) is 8.93 Å². The highest BCUT2D eigenvalue weighted by molar-refractivity contribution is 7.82. The summed E-state index contributed by atoms with van der Waals surface area (Å²) in [6.45, 7) is -0.000386. The molecule has 0 heterocycles. The molecule has 3 N–H and O–H groups in total. The number of esters is 1. The van der Waals surface area contributed by atoms with Crippen LogP contribution in [-0.2, 0) is 20.5 Å². The van der Waals surface area contributed by atoms with Crippen LogP contribution in [0.1, 0.15) is 32.1 Å². The standard InChI is InChI=1S/C6H13N.C4H9NO3S/c7-6-4-2-1-3-5-6;1-8-4(6)3-5-9(2)7/h6H,1-5,7H2;5H,3H2,1-2H3. The van der Waals surface area contributed by atoms with E-state index in [-0.39, 0.29) is 6.54 Å². The summed E-state index contributed by atoms with van der Waals surface area (Å²) < 4.78 is 16.9. The molecule has 0 aromatic heterocycles. The van der Waals surface area contributed by atoms with Crippen LogP contribution in [0.4, 0.5) is 0 Å². The van der Waals surface area contributed by atoms with E-state index in [0.29, 0.717) is 6.04 Å². The lowest BCUT2D eigenvalue weighted by atomic mass is 9.97. The van der Waals surface area contributed by atoms with Crippen molar-refractivity contribution in [2.24, 2.45) is 5.73 Å². The first-order valence-electron chi connectivity index (χ1n) is 5.45. The van der Waals surface area contributed by atoms with E-state index >= 15 is 0 Å². The van der Waals surface area contributed by atoms with Gasteiger partial charge in [0, 0.05) is 12.3 Å². The minimum Gasteiger partial charge on any atom is -0.468 e. The Hall–Kier alpha value is -0.460. The molecule has 1 atom stereocenters. The molecule has 1 unspecified atom stereocenters. The van der Waals surface area contributed by atoms with Crippen molar-refractivity contribution in [2.75, 3.05) is 19.9 Å². The number of hydrogen-bond acceptors (Lipinski definition) is 4. The summed E-state index contributed by atoms with van der Waals surface area (Å²) in [6.07, 6.45) is 8.11. The Bertz CT molecular complexity index is 218. The fourth-order valence-electron chi connectivity index (χ4n) is 1.37. The molecule has 0 saturated heterocycles. The van der Waals surface area contributed by atoms with E-state index in [0.717, 1.165) is 0 Å². The first-order chi connectivity index (χ1) is 7.56. The Morgan fingerprint density at radius 1 is 1.44 bits per heavy atom. The number of hydrogen-bond donors (Lipinski definition) is 2. The molecule has 0 aromatic carbocycles. The summed E-state index contributed by atoms with van der Waals surface area (Å²) in [5, 5.41) is 0. The maximum atomic E-state index is 10.3. The van der Waals surface area contributed by atoms with E-state index in [9.17, 15) is 9.00 Å². The quantitative estimate of drug-likeness (QED) is 0.707. The molecule has 96 valence electrons. The van der Waals surface area contributed by atoms with Crippen LogP contribution >= 0.6 is 0 Å². The summed E-state index contributed by atoms with van der Waals surface area (Å²) in [5.74, 6) is -0.412. The minimum absolute atomic E-state index is 0.000386. The van der Waals surface area contributed by atoms with E-state index < -0.39 is 17.0 Å². The fourth-order valence-corrected chi connectivity index (χ4v) is 1.69. The Morgan fingerprint density at radius 2 is 2.00 bits per heavy atom. The molecule has 1 aliphatic carbocycles. The number of carbonyl (C=O) groups excluding carboxylic acids is 1. The van der Waals surface area contributed by atoms with Gasteiger partial charge in [0.15, 0.2) is 0 Å². The molecule has 1 saturated carbocycles. The monoisotopic (exact) mass is 250 g/mol. The van der Waals surface area contributed by atoms with Gasteiger partial charge in [0.05, 0.1) is 18.1 Å². The Kier molecular flexibility index (Phi) is 9.46. The number of methoxy groups -OCH3 is 1. The molecule has 6 heteroatoms. The molecular formula is C10H22N2O3S. The number of nitrogens with two attached hydrogens (primary N) is 1. The van der Waals surface area contributed by atoms with E-state index in [4.69, 9.17) is 5.73 Å². The van der Waals surface area contributed by atoms with Crippen LogP contribution in [-0.4, -0.2) is 36.1 Å².